The van der Waals surface area contributed by atoms with Gasteiger partial charge in [-0.1, -0.05) is 18.2 Å². The second kappa shape index (κ2) is 8.47. The highest BCUT2D eigenvalue weighted by molar-refractivity contribution is 5.78. The molecule has 140 valence electrons. The fraction of sp³-hybridized carbons (Fsp3) is 0.571. The Labute approximate surface area is 156 Å². The van der Waals surface area contributed by atoms with Gasteiger partial charge < -0.3 is 9.80 Å². The number of amides is 2. The predicted octanol–water partition coefficient (Wildman–Crippen LogP) is 2.82. The van der Waals surface area contributed by atoms with Crippen molar-refractivity contribution in [2.24, 2.45) is 5.41 Å². The zero-order valence-corrected chi connectivity index (χ0v) is 15.7. The molecule has 0 N–H and O–H groups in total. The lowest BCUT2D eigenvalue weighted by Crippen LogP contribution is -2.55. The monoisotopic (exact) mass is 355 g/mol. The first-order chi connectivity index (χ1) is 12.6. The summed E-state index contributed by atoms with van der Waals surface area (Å²) in [5.41, 5.74) is 1.09. The van der Waals surface area contributed by atoms with E-state index in [0.717, 1.165) is 51.0 Å². The van der Waals surface area contributed by atoms with Gasteiger partial charge in [0.2, 0.25) is 11.8 Å². The zero-order valence-electron chi connectivity index (χ0n) is 15.7. The van der Waals surface area contributed by atoms with Crippen molar-refractivity contribution in [3.8, 4) is 0 Å². The molecule has 1 aromatic heterocycles. The van der Waals surface area contributed by atoms with Gasteiger partial charge in [0.05, 0.1) is 0 Å². The van der Waals surface area contributed by atoms with E-state index in [0.29, 0.717) is 19.4 Å². The van der Waals surface area contributed by atoms with Crippen molar-refractivity contribution in [1.29, 1.82) is 0 Å². The fourth-order valence-electron chi connectivity index (χ4n) is 4.20. The normalized spacial score (nSPS) is 23.8. The molecule has 0 aromatic carbocycles. The van der Waals surface area contributed by atoms with Crippen molar-refractivity contribution < 1.29 is 9.59 Å². The molecule has 1 atom stereocenters. The van der Waals surface area contributed by atoms with Gasteiger partial charge in [0.1, 0.15) is 0 Å². The van der Waals surface area contributed by atoms with Gasteiger partial charge in [0.25, 0.3) is 0 Å². The first kappa shape index (κ1) is 18.6. The maximum absolute atomic E-state index is 12.4. The van der Waals surface area contributed by atoms with Crippen molar-refractivity contribution in [3.63, 3.8) is 0 Å². The summed E-state index contributed by atoms with van der Waals surface area (Å²) in [4.78, 5) is 33.2. The number of hydrogen-bond donors (Lipinski definition) is 0. The molecule has 1 unspecified atom stereocenters. The second-order valence-electron chi connectivity index (χ2n) is 7.58. The molecule has 3 rings (SSSR count). The van der Waals surface area contributed by atoms with Gasteiger partial charge in [-0.05, 0) is 38.3 Å². The molecule has 2 aliphatic heterocycles. The maximum atomic E-state index is 12.4. The quantitative estimate of drug-likeness (QED) is 0.763. The highest BCUT2D eigenvalue weighted by Gasteiger charge is 2.42. The highest BCUT2D eigenvalue weighted by Crippen LogP contribution is 2.39. The Morgan fingerprint density at radius 1 is 1.31 bits per heavy atom. The van der Waals surface area contributed by atoms with E-state index in [4.69, 9.17) is 0 Å². The molecule has 0 aliphatic carbocycles. The molecule has 1 aromatic rings. The van der Waals surface area contributed by atoms with E-state index < -0.39 is 0 Å². The summed E-state index contributed by atoms with van der Waals surface area (Å²) in [6.07, 6.45) is 10.5. The Morgan fingerprint density at radius 3 is 2.96 bits per heavy atom. The maximum Gasteiger partial charge on any atom is 0.226 e. The standard InChI is InChI=1S/C21H29N3O2/c1-2-3-8-19(25)23-14-6-11-21(16-23)12-9-20(26)24(17-21)15-10-18-7-4-5-13-22-18/h2-5,7,13H,6,8-12,14-17H2,1H3/b3-2+. The van der Waals surface area contributed by atoms with Crippen molar-refractivity contribution in [2.45, 2.75) is 45.4 Å². The van der Waals surface area contributed by atoms with Crippen LogP contribution >= 0.6 is 0 Å². The van der Waals surface area contributed by atoms with Crippen molar-refractivity contribution in [3.05, 3.63) is 42.2 Å². The minimum atomic E-state index is 0.0713. The van der Waals surface area contributed by atoms with Crippen LogP contribution in [0.1, 0.15) is 44.7 Å². The minimum absolute atomic E-state index is 0.0713. The minimum Gasteiger partial charge on any atom is -0.342 e. The molecule has 3 heterocycles. The summed E-state index contributed by atoms with van der Waals surface area (Å²) in [6.45, 7) is 5.06. The van der Waals surface area contributed by atoms with Crippen molar-refractivity contribution in [2.75, 3.05) is 26.2 Å². The Kier molecular flexibility index (Phi) is 6.07. The van der Waals surface area contributed by atoms with Crippen LogP contribution in [0.3, 0.4) is 0 Å². The third-order valence-corrected chi connectivity index (χ3v) is 5.65. The summed E-state index contributed by atoms with van der Waals surface area (Å²) in [5.74, 6) is 0.447. The van der Waals surface area contributed by atoms with Crippen molar-refractivity contribution in [1.82, 2.24) is 14.8 Å². The Bertz CT molecular complexity index is 658. The molecule has 2 aliphatic rings. The molecule has 26 heavy (non-hydrogen) atoms. The molecule has 0 radical (unpaired) electrons. The first-order valence-corrected chi connectivity index (χ1v) is 9.68. The van der Waals surface area contributed by atoms with Gasteiger partial charge in [0, 0.05) is 62.7 Å². The lowest BCUT2D eigenvalue weighted by atomic mass is 9.73. The topological polar surface area (TPSA) is 53.5 Å². The number of aromatic nitrogens is 1. The van der Waals surface area contributed by atoms with Crippen LogP contribution in [0.15, 0.2) is 36.5 Å². The summed E-state index contributed by atoms with van der Waals surface area (Å²) in [7, 11) is 0. The van der Waals surface area contributed by atoms with Crippen LogP contribution in [0.25, 0.3) is 0 Å². The number of pyridine rings is 1. The average Bonchev–Trinajstić information content (AvgIpc) is 2.68. The van der Waals surface area contributed by atoms with Crippen LogP contribution in [0.2, 0.25) is 0 Å². The summed E-state index contributed by atoms with van der Waals surface area (Å²) < 4.78 is 0. The molecule has 2 saturated heterocycles. The fourth-order valence-corrected chi connectivity index (χ4v) is 4.20. The van der Waals surface area contributed by atoms with Crippen LogP contribution in [0.4, 0.5) is 0 Å². The van der Waals surface area contributed by atoms with E-state index in [-0.39, 0.29) is 17.2 Å². The largest absolute Gasteiger partial charge is 0.342 e. The number of likely N-dealkylation sites (tertiary alicyclic amines) is 2. The first-order valence-electron chi connectivity index (χ1n) is 9.68. The van der Waals surface area contributed by atoms with Crippen LogP contribution in [0.5, 0.6) is 0 Å². The molecule has 0 saturated carbocycles. The Hall–Kier alpha value is -2.17. The van der Waals surface area contributed by atoms with Gasteiger partial charge in [-0.25, -0.2) is 0 Å². The molecule has 2 fully saturated rings. The third kappa shape index (κ3) is 4.51. The van der Waals surface area contributed by atoms with E-state index >= 15 is 0 Å². The number of carbonyl (C=O) groups excluding carboxylic acids is 2. The molecule has 5 nitrogen and oxygen atoms in total. The highest BCUT2D eigenvalue weighted by atomic mass is 16.2. The number of carbonyl (C=O) groups is 2. The number of allylic oxidation sites excluding steroid dienone is 1. The molecule has 0 bridgehead atoms. The van der Waals surface area contributed by atoms with Crippen LogP contribution < -0.4 is 0 Å². The van der Waals surface area contributed by atoms with Gasteiger partial charge in [0.15, 0.2) is 0 Å². The summed E-state index contributed by atoms with van der Waals surface area (Å²) in [6, 6.07) is 5.90. The molecular weight excluding hydrogens is 326 g/mol. The van der Waals surface area contributed by atoms with E-state index in [1.165, 1.54) is 0 Å². The summed E-state index contributed by atoms with van der Waals surface area (Å²) >= 11 is 0. The van der Waals surface area contributed by atoms with Crippen LogP contribution in [-0.4, -0.2) is 52.8 Å². The second-order valence-corrected chi connectivity index (χ2v) is 7.58. The van der Waals surface area contributed by atoms with Crippen LogP contribution in [-0.2, 0) is 16.0 Å². The van der Waals surface area contributed by atoms with Crippen LogP contribution in [0, 0.1) is 5.41 Å². The Balaban J connectivity index is 1.62. The average molecular weight is 355 g/mol. The molecular formula is C21H29N3O2. The van der Waals surface area contributed by atoms with Gasteiger partial charge in [-0.2, -0.15) is 0 Å². The van der Waals surface area contributed by atoms with E-state index in [2.05, 4.69) is 4.98 Å². The lowest BCUT2D eigenvalue weighted by Gasteiger charge is -2.48. The van der Waals surface area contributed by atoms with Gasteiger partial charge >= 0.3 is 0 Å². The third-order valence-electron chi connectivity index (χ3n) is 5.65. The summed E-state index contributed by atoms with van der Waals surface area (Å²) in [5, 5.41) is 0. The van der Waals surface area contributed by atoms with Crippen molar-refractivity contribution >= 4 is 11.8 Å². The number of piperidine rings is 2. The Morgan fingerprint density at radius 2 is 2.19 bits per heavy atom. The molecule has 2 amide bonds. The number of hydrogen-bond acceptors (Lipinski definition) is 3. The number of rotatable bonds is 5. The number of nitrogens with zero attached hydrogens (tertiary/aromatic N) is 3. The van der Waals surface area contributed by atoms with E-state index in [1.807, 2.05) is 47.1 Å². The zero-order chi connectivity index (χ0) is 18.4. The van der Waals surface area contributed by atoms with Gasteiger partial charge in [-0.15, -0.1) is 0 Å². The van der Waals surface area contributed by atoms with E-state index in [9.17, 15) is 9.59 Å². The predicted molar refractivity (Wildman–Crippen MR) is 101 cm³/mol. The van der Waals surface area contributed by atoms with Gasteiger partial charge in [-0.3, -0.25) is 14.6 Å². The molecule has 5 heteroatoms. The smallest absolute Gasteiger partial charge is 0.226 e. The lowest BCUT2D eigenvalue weighted by molar-refractivity contribution is -0.142. The molecule has 1 spiro atoms. The van der Waals surface area contributed by atoms with E-state index in [1.54, 1.807) is 6.20 Å². The SMILES string of the molecule is C/C=C/CC(=O)N1CCCC2(CCC(=O)N(CCc3ccccn3)C2)C1.